The van der Waals surface area contributed by atoms with Crippen molar-refractivity contribution in [2.75, 3.05) is 37.7 Å². The number of hydrogen-bond donors (Lipinski definition) is 0. The molecule has 1 aromatic carbocycles. The summed E-state index contributed by atoms with van der Waals surface area (Å²) in [4.78, 5) is 16.9. The van der Waals surface area contributed by atoms with Crippen molar-refractivity contribution in [2.24, 2.45) is 0 Å². The van der Waals surface area contributed by atoms with Gasteiger partial charge in [-0.15, -0.1) is 0 Å². The SMILES string of the molecule is FC(F)COc1ncnc2ccc(N3CCN(Cc4cocn4)CC3)cc12. The summed E-state index contributed by atoms with van der Waals surface area (Å²) in [6, 6.07) is 5.76. The topological polar surface area (TPSA) is 67.5 Å². The van der Waals surface area contributed by atoms with Crippen molar-refractivity contribution in [1.29, 1.82) is 0 Å². The summed E-state index contributed by atoms with van der Waals surface area (Å²) in [6.45, 7) is 3.57. The minimum atomic E-state index is -2.55. The average Bonchev–Trinajstić information content (AvgIpc) is 3.19. The van der Waals surface area contributed by atoms with Gasteiger partial charge in [-0.05, 0) is 18.2 Å². The first-order chi connectivity index (χ1) is 13.2. The van der Waals surface area contributed by atoms with E-state index in [1.165, 1.54) is 12.7 Å². The highest BCUT2D eigenvalue weighted by molar-refractivity contribution is 5.86. The molecule has 0 unspecified atom stereocenters. The van der Waals surface area contributed by atoms with Crippen molar-refractivity contribution in [3.8, 4) is 5.88 Å². The maximum Gasteiger partial charge on any atom is 0.272 e. The lowest BCUT2D eigenvalue weighted by atomic mass is 10.2. The molecule has 1 fully saturated rings. The van der Waals surface area contributed by atoms with Crippen LogP contribution in [0.5, 0.6) is 5.88 Å². The summed E-state index contributed by atoms with van der Waals surface area (Å²) < 4.78 is 35.1. The molecule has 0 radical (unpaired) electrons. The fourth-order valence-corrected chi connectivity index (χ4v) is 3.18. The highest BCUT2D eigenvalue weighted by Crippen LogP contribution is 2.27. The molecule has 2 aromatic heterocycles. The lowest BCUT2D eigenvalue weighted by molar-refractivity contribution is 0.0804. The van der Waals surface area contributed by atoms with Crippen molar-refractivity contribution < 1.29 is 17.9 Å². The zero-order valence-electron chi connectivity index (χ0n) is 14.6. The molecule has 0 amide bonds. The lowest BCUT2D eigenvalue weighted by Gasteiger charge is -2.35. The van der Waals surface area contributed by atoms with Gasteiger partial charge >= 0.3 is 0 Å². The van der Waals surface area contributed by atoms with Crippen LogP contribution in [0.3, 0.4) is 0 Å². The first-order valence-corrected chi connectivity index (χ1v) is 8.69. The number of fused-ring (bicyclic) bond motifs is 1. The fraction of sp³-hybridized carbons (Fsp3) is 0.389. The standard InChI is InChI=1S/C18H19F2N5O2/c19-17(20)10-27-18-15-7-14(1-2-16(15)21-11-22-18)25-5-3-24(4-6-25)8-13-9-26-12-23-13/h1-2,7,9,11-12,17H,3-6,8,10H2. The first kappa shape index (κ1) is 17.6. The van der Waals surface area contributed by atoms with Gasteiger partial charge in [-0.2, -0.15) is 0 Å². The Balaban J connectivity index is 1.46. The number of benzene rings is 1. The van der Waals surface area contributed by atoms with E-state index in [2.05, 4.69) is 24.8 Å². The van der Waals surface area contributed by atoms with Gasteiger partial charge in [-0.25, -0.2) is 23.7 Å². The van der Waals surface area contributed by atoms with Crippen molar-refractivity contribution in [3.05, 3.63) is 42.9 Å². The molecular weight excluding hydrogens is 356 g/mol. The molecular formula is C18H19F2N5O2. The Labute approximate surface area is 154 Å². The van der Waals surface area contributed by atoms with Gasteiger partial charge in [0.15, 0.2) is 13.0 Å². The van der Waals surface area contributed by atoms with Crippen LogP contribution in [0.1, 0.15) is 5.69 Å². The number of piperazine rings is 1. The Bertz CT molecular complexity index is 883. The normalized spacial score (nSPS) is 15.6. The first-order valence-electron chi connectivity index (χ1n) is 8.69. The average molecular weight is 375 g/mol. The van der Waals surface area contributed by atoms with Crippen molar-refractivity contribution in [2.45, 2.75) is 13.0 Å². The zero-order valence-corrected chi connectivity index (χ0v) is 14.6. The Hall–Kier alpha value is -2.81. The number of hydrogen-bond acceptors (Lipinski definition) is 7. The van der Waals surface area contributed by atoms with Gasteiger partial charge in [0.25, 0.3) is 6.43 Å². The molecule has 0 spiro atoms. The molecule has 0 N–H and O–H groups in total. The largest absolute Gasteiger partial charge is 0.471 e. The van der Waals surface area contributed by atoms with Crippen LogP contribution in [0, 0.1) is 0 Å². The third-order valence-electron chi connectivity index (χ3n) is 4.53. The van der Waals surface area contributed by atoms with Gasteiger partial charge < -0.3 is 14.1 Å². The number of ether oxygens (including phenoxy) is 1. The predicted octanol–water partition coefficient (Wildman–Crippen LogP) is 2.58. The summed E-state index contributed by atoms with van der Waals surface area (Å²) in [6.07, 6.45) is 1.88. The number of anilines is 1. The number of halogens is 2. The second-order valence-corrected chi connectivity index (χ2v) is 6.33. The van der Waals surface area contributed by atoms with Crippen LogP contribution in [-0.4, -0.2) is 59.1 Å². The summed E-state index contributed by atoms with van der Waals surface area (Å²) in [5, 5.41) is 0.640. The van der Waals surface area contributed by atoms with Crippen molar-refractivity contribution in [3.63, 3.8) is 0 Å². The maximum absolute atomic E-state index is 12.5. The number of nitrogens with zero attached hydrogens (tertiary/aromatic N) is 5. The summed E-state index contributed by atoms with van der Waals surface area (Å²) in [5.41, 5.74) is 2.59. The van der Waals surface area contributed by atoms with Crippen LogP contribution in [-0.2, 0) is 6.54 Å². The van der Waals surface area contributed by atoms with E-state index >= 15 is 0 Å². The summed E-state index contributed by atoms with van der Waals surface area (Å²) in [5.74, 6) is 0.187. The molecule has 4 rings (SSSR count). The summed E-state index contributed by atoms with van der Waals surface area (Å²) >= 11 is 0. The van der Waals surface area contributed by atoms with Crippen LogP contribution in [0.25, 0.3) is 10.9 Å². The molecule has 142 valence electrons. The van der Waals surface area contributed by atoms with E-state index in [0.717, 1.165) is 44.1 Å². The molecule has 1 saturated heterocycles. The number of aromatic nitrogens is 3. The summed E-state index contributed by atoms with van der Waals surface area (Å²) in [7, 11) is 0. The molecule has 27 heavy (non-hydrogen) atoms. The van der Waals surface area contributed by atoms with E-state index in [1.807, 2.05) is 18.2 Å². The minimum absolute atomic E-state index is 0.187. The van der Waals surface area contributed by atoms with E-state index in [1.54, 1.807) is 6.26 Å². The van der Waals surface area contributed by atoms with Crippen LogP contribution in [0.2, 0.25) is 0 Å². The van der Waals surface area contributed by atoms with E-state index in [4.69, 9.17) is 9.15 Å². The molecule has 9 heteroatoms. The Kier molecular flexibility index (Phi) is 5.10. The molecule has 1 aliphatic heterocycles. The fourth-order valence-electron chi connectivity index (χ4n) is 3.18. The van der Waals surface area contributed by atoms with Crippen molar-refractivity contribution in [1.82, 2.24) is 19.9 Å². The molecule has 7 nitrogen and oxygen atoms in total. The highest BCUT2D eigenvalue weighted by atomic mass is 19.3. The van der Waals surface area contributed by atoms with Gasteiger partial charge in [-0.1, -0.05) is 0 Å². The Morgan fingerprint density at radius 1 is 1.11 bits per heavy atom. The molecule has 3 aromatic rings. The molecule has 0 atom stereocenters. The number of alkyl halides is 2. The number of rotatable bonds is 6. The smallest absolute Gasteiger partial charge is 0.272 e. The van der Waals surface area contributed by atoms with Gasteiger partial charge in [-0.3, -0.25) is 4.90 Å². The van der Waals surface area contributed by atoms with Gasteiger partial charge in [0.1, 0.15) is 12.6 Å². The van der Waals surface area contributed by atoms with Crippen LogP contribution in [0.4, 0.5) is 14.5 Å². The van der Waals surface area contributed by atoms with Gasteiger partial charge in [0.2, 0.25) is 5.88 Å². The Morgan fingerprint density at radius 3 is 2.70 bits per heavy atom. The van der Waals surface area contributed by atoms with E-state index < -0.39 is 13.0 Å². The predicted molar refractivity (Wildman–Crippen MR) is 95.0 cm³/mol. The maximum atomic E-state index is 12.5. The van der Waals surface area contributed by atoms with Crippen LogP contribution >= 0.6 is 0 Å². The molecule has 1 aliphatic rings. The zero-order chi connectivity index (χ0) is 18.6. The minimum Gasteiger partial charge on any atom is -0.471 e. The second-order valence-electron chi connectivity index (χ2n) is 6.33. The quantitative estimate of drug-likeness (QED) is 0.656. The highest BCUT2D eigenvalue weighted by Gasteiger charge is 2.19. The van der Waals surface area contributed by atoms with E-state index in [9.17, 15) is 8.78 Å². The van der Waals surface area contributed by atoms with Crippen LogP contribution < -0.4 is 9.64 Å². The third kappa shape index (κ3) is 4.13. The number of oxazole rings is 1. The molecule has 0 aliphatic carbocycles. The lowest BCUT2D eigenvalue weighted by Crippen LogP contribution is -2.46. The third-order valence-corrected chi connectivity index (χ3v) is 4.53. The van der Waals surface area contributed by atoms with Gasteiger partial charge in [0.05, 0.1) is 16.6 Å². The molecule has 0 saturated carbocycles. The monoisotopic (exact) mass is 375 g/mol. The van der Waals surface area contributed by atoms with Crippen LogP contribution in [0.15, 0.2) is 41.6 Å². The van der Waals surface area contributed by atoms with Gasteiger partial charge in [0, 0.05) is 38.4 Å². The molecule has 3 heterocycles. The van der Waals surface area contributed by atoms with E-state index in [0.29, 0.717) is 10.9 Å². The van der Waals surface area contributed by atoms with E-state index in [-0.39, 0.29) is 5.88 Å². The second kappa shape index (κ2) is 7.83. The Morgan fingerprint density at radius 2 is 1.96 bits per heavy atom. The van der Waals surface area contributed by atoms with Crippen molar-refractivity contribution >= 4 is 16.6 Å². The molecule has 0 bridgehead atoms.